The Morgan fingerprint density at radius 3 is 2.62 bits per heavy atom. The fraction of sp³-hybridized carbons (Fsp3) is 0.125. The van der Waals surface area contributed by atoms with E-state index in [1.54, 1.807) is 25.3 Å². The van der Waals surface area contributed by atoms with Crippen LogP contribution in [0.4, 0.5) is 16.3 Å². The van der Waals surface area contributed by atoms with Crippen molar-refractivity contribution in [2.45, 2.75) is 6.92 Å². The summed E-state index contributed by atoms with van der Waals surface area (Å²) in [6, 6.07) is 4.55. The van der Waals surface area contributed by atoms with Crippen LogP contribution in [0.5, 0.6) is 0 Å². The van der Waals surface area contributed by atoms with Gasteiger partial charge in [0, 0.05) is 25.0 Å². The molecule has 132 valence electrons. The second-order valence-corrected chi connectivity index (χ2v) is 5.09. The number of nitrogens with zero attached hydrogens (tertiary/aromatic N) is 5. The maximum absolute atomic E-state index is 12.6. The predicted octanol–water partition coefficient (Wildman–Crippen LogP) is 1.45. The van der Waals surface area contributed by atoms with E-state index in [0.29, 0.717) is 17.9 Å². The van der Waals surface area contributed by atoms with Gasteiger partial charge < -0.3 is 10.6 Å². The van der Waals surface area contributed by atoms with Gasteiger partial charge in [0.15, 0.2) is 0 Å². The third-order valence-corrected chi connectivity index (χ3v) is 3.26. The zero-order valence-corrected chi connectivity index (χ0v) is 13.9. The molecule has 3 heterocycles. The molecule has 10 heteroatoms. The van der Waals surface area contributed by atoms with E-state index in [-0.39, 0.29) is 11.4 Å². The smallest absolute Gasteiger partial charge is 0.320 e. The van der Waals surface area contributed by atoms with Gasteiger partial charge >= 0.3 is 6.03 Å². The fourth-order valence-electron chi connectivity index (χ4n) is 2.15. The van der Waals surface area contributed by atoms with Gasteiger partial charge in [-0.05, 0) is 19.1 Å². The first-order valence-electron chi connectivity index (χ1n) is 7.80. The molecular formula is C16H16N8O2. The van der Waals surface area contributed by atoms with E-state index in [0.717, 1.165) is 0 Å². The van der Waals surface area contributed by atoms with Crippen LogP contribution in [0.15, 0.2) is 49.2 Å². The van der Waals surface area contributed by atoms with Crippen LogP contribution in [0.3, 0.4) is 0 Å². The van der Waals surface area contributed by atoms with Gasteiger partial charge in [0.1, 0.15) is 11.5 Å². The van der Waals surface area contributed by atoms with E-state index < -0.39 is 11.9 Å². The van der Waals surface area contributed by atoms with Crippen molar-refractivity contribution in [1.29, 1.82) is 0 Å². The van der Waals surface area contributed by atoms with Crippen LogP contribution in [-0.4, -0.2) is 43.4 Å². The van der Waals surface area contributed by atoms with Crippen molar-refractivity contribution in [3.8, 4) is 5.69 Å². The van der Waals surface area contributed by atoms with Crippen LogP contribution in [-0.2, 0) is 0 Å². The molecule has 0 saturated heterocycles. The van der Waals surface area contributed by atoms with Crippen LogP contribution < -0.4 is 16.0 Å². The van der Waals surface area contributed by atoms with E-state index in [1.807, 2.05) is 0 Å². The number of aromatic nitrogens is 5. The molecule has 26 heavy (non-hydrogen) atoms. The summed E-state index contributed by atoms with van der Waals surface area (Å²) in [5.74, 6) is -0.136. The summed E-state index contributed by atoms with van der Waals surface area (Å²) in [6.07, 6.45) is 7.46. The van der Waals surface area contributed by atoms with Crippen LogP contribution >= 0.6 is 0 Å². The minimum absolute atomic E-state index is 0.242. The Labute approximate surface area is 148 Å². The Bertz CT molecular complexity index is 896. The van der Waals surface area contributed by atoms with Crippen molar-refractivity contribution in [1.82, 2.24) is 30.3 Å². The van der Waals surface area contributed by atoms with Crippen LogP contribution in [0.2, 0.25) is 0 Å². The van der Waals surface area contributed by atoms with E-state index in [9.17, 15) is 9.59 Å². The van der Waals surface area contributed by atoms with Gasteiger partial charge in [-0.1, -0.05) is 0 Å². The third kappa shape index (κ3) is 3.98. The highest BCUT2D eigenvalue weighted by Crippen LogP contribution is 2.18. The van der Waals surface area contributed by atoms with Crippen molar-refractivity contribution < 1.29 is 9.59 Å². The number of hydrogen-bond donors (Lipinski definition) is 3. The van der Waals surface area contributed by atoms with Gasteiger partial charge in [0.2, 0.25) is 0 Å². The molecule has 0 aliphatic heterocycles. The number of nitrogens with one attached hydrogen (secondary N) is 3. The Morgan fingerprint density at radius 1 is 1.12 bits per heavy atom. The first-order valence-corrected chi connectivity index (χ1v) is 7.80. The molecule has 0 radical (unpaired) electrons. The number of pyridine rings is 2. The SMILES string of the molecule is CCNC(=O)Nc1cc(-n2nccn2)c(C(=O)Nc2cccnc2)cn1. The number of hydrogen-bond acceptors (Lipinski definition) is 6. The second kappa shape index (κ2) is 7.83. The van der Waals surface area contributed by atoms with Crippen molar-refractivity contribution in [3.63, 3.8) is 0 Å². The number of urea groups is 1. The molecule has 3 rings (SSSR count). The highest BCUT2D eigenvalue weighted by atomic mass is 16.2. The second-order valence-electron chi connectivity index (χ2n) is 5.09. The molecule has 3 amide bonds. The minimum Gasteiger partial charge on any atom is -0.338 e. The Hall–Kier alpha value is -3.82. The summed E-state index contributed by atoms with van der Waals surface area (Å²) in [5, 5.41) is 16.0. The molecule has 0 spiro atoms. The Kier molecular flexibility index (Phi) is 5.13. The predicted molar refractivity (Wildman–Crippen MR) is 94.0 cm³/mol. The van der Waals surface area contributed by atoms with E-state index in [2.05, 4.69) is 36.1 Å². The first kappa shape index (κ1) is 17.0. The molecule has 3 aromatic rings. The number of anilines is 2. The van der Waals surface area contributed by atoms with Gasteiger partial charge in [-0.15, -0.1) is 0 Å². The molecule has 0 aliphatic rings. The molecule has 0 atom stereocenters. The number of amides is 3. The normalized spacial score (nSPS) is 10.2. The van der Waals surface area contributed by atoms with Gasteiger partial charge in [-0.25, -0.2) is 9.78 Å². The quantitative estimate of drug-likeness (QED) is 0.638. The summed E-state index contributed by atoms with van der Waals surface area (Å²) in [7, 11) is 0. The van der Waals surface area contributed by atoms with Crippen LogP contribution in [0.25, 0.3) is 5.69 Å². The van der Waals surface area contributed by atoms with Crippen molar-refractivity contribution in [2.75, 3.05) is 17.2 Å². The molecule has 0 bridgehead atoms. The monoisotopic (exact) mass is 352 g/mol. The van der Waals surface area contributed by atoms with Crippen molar-refractivity contribution in [3.05, 3.63) is 54.7 Å². The number of carbonyl (C=O) groups excluding carboxylic acids is 2. The van der Waals surface area contributed by atoms with Crippen LogP contribution in [0, 0.1) is 0 Å². The van der Waals surface area contributed by atoms with Crippen molar-refractivity contribution in [2.24, 2.45) is 0 Å². The largest absolute Gasteiger partial charge is 0.338 e. The number of carbonyl (C=O) groups is 2. The van der Waals surface area contributed by atoms with E-state index >= 15 is 0 Å². The molecule has 0 fully saturated rings. The number of rotatable bonds is 5. The molecule has 10 nitrogen and oxygen atoms in total. The average molecular weight is 352 g/mol. The zero-order chi connectivity index (χ0) is 18.4. The maximum atomic E-state index is 12.6. The first-order chi connectivity index (χ1) is 12.7. The third-order valence-electron chi connectivity index (χ3n) is 3.26. The summed E-state index contributed by atoms with van der Waals surface area (Å²) >= 11 is 0. The fourth-order valence-corrected chi connectivity index (χ4v) is 2.15. The lowest BCUT2D eigenvalue weighted by Gasteiger charge is -2.11. The average Bonchev–Trinajstić information content (AvgIpc) is 3.17. The molecule has 0 aliphatic carbocycles. The Balaban J connectivity index is 1.91. The lowest BCUT2D eigenvalue weighted by atomic mass is 10.2. The summed E-state index contributed by atoms with van der Waals surface area (Å²) in [6.45, 7) is 2.28. The molecule has 0 unspecified atom stereocenters. The summed E-state index contributed by atoms with van der Waals surface area (Å²) < 4.78 is 0. The lowest BCUT2D eigenvalue weighted by Crippen LogP contribution is -2.28. The summed E-state index contributed by atoms with van der Waals surface area (Å²) in [5.41, 5.74) is 1.16. The molecule has 3 aromatic heterocycles. The Morgan fingerprint density at radius 2 is 1.92 bits per heavy atom. The highest BCUT2D eigenvalue weighted by molar-refractivity contribution is 6.06. The van der Waals surface area contributed by atoms with E-state index in [1.165, 1.54) is 35.7 Å². The minimum atomic E-state index is -0.401. The molecule has 3 N–H and O–H groups in total. The maximum Gasteiger partial charge on any atom is 0.320 e. The van der Waals surface area contributed by atoms with Gasteiger partial charge in [-0.3, -0.25) is 15.1 Å². The highest BCUT2D eigenvalue weighted by Gasteiger charge is 2.17. The van der Waals surface area contributed by atoms with E-state index in [4.69, 9.17) is 0 Å². The standard InChI is InChI=1S/C16H16N8O2/c1-2-18-16(26)23-14-8-13(24-20-6-7-21-24)12(10-19-14)15(25)22-11-4-3-5-17-9-11/h3-10H,2H2,1H3,(H,22,25)(H2,18,19,23,26). The topological polar surface area (TPSA) is 127 Å². The van der Waals surface area contributed by atoms with Gasteiger partial charge in [0.25, 0.3) is 5.91 Å². The summed E-state index contributed by atoms with van der Waals surface area (Å²) in [4.78, 5) is 33.7. The molecule has 0 aromatic carbocycles. The molecular weight excluding hydrogens is 336 g/mol. The lowest BCUT2D eigenvalue weighted by molar-refractivity contribution is 0.102. The van der Waals surface area contributed by atoms with Crippen LogP contribution in [0.1, 0.15) is 17.3 Å². The zero-order valence-electron chi connectivity index (χ0n) is 13.9. The van der Waals surface area contributed by atoms with Gasteiger partial charge in [-0.2, -0.15) is 15.0 Å². The molecule has 0 saturated carbocycles. The van der Waals surface area contributed by atoms with Crippen molar-refractivity contribution >= 4 is 23.4 Å². The van der Waals surface area contributed by atoms with Gasteiger partial charge in [0.05, 0.1) is 29.8 Å².